The van der Waals surface area contributed by atoms with Crippen molar-refractivity contribution in [2.45, 2.75) is 11.4 Å². The number of aromatic amines is 1. The zero-order valence-electron chi connectivity index (χ0n) is 12.1. The molecule has 0 radical (unpaired) electrons. The van der Waals surface area contributed by atoms with Crippen LogP contribution in [-0.2, 0) is 16.6 Å². The lowest BCUT2D eigenvalue weighted by molar-refractivity contribution is 0.460. The first-order valence-electron chi connectivity index (χ1n) is 6.77. The van der Waals surface area contributed by atoms with Gasteiger partial charge in [-0.05, 0) is 29.8 Å². The van der Waals surface area contributed by atoms with Crippen LogP contribution in [0.3, 0.4) is 0 Å². The number of hydrogen-bond acceptors (Lipinski definition) is 5. The van der Waals surface area contributed by atoms with Crippen molar-refractivity contribution in [2.24, 2.45) is 0 Å². The SMILES string of the molecule is O=c1[nH]c2ccc(S(=O)(=O)NCc3ccccc3Cl)cc2c(=O)o1. The molecule has 1 heterocycles. The van der Waals surface area contributed by atoms with Gasteiger partial charge in [0, 0.05) is 11.6 Å². The number of benzene rings is 2. The van der Waals surface area contributed by atoms with Crippen molar-refractivity contribution in [1.29, 1.82) is 0 Å². The van der Waals surface area contributed by atoms with Crippen molar-refractivity contribution in [3.63, 3.8) is 0 Å². The van der Waals surface area contributed by atoms with Crippen LogP contribution >= 0.6 is 11.6 Å². The van der Waals surface area contributed by atoms with E-state index in [1.165, 1.54) is 12.1 Å². The number of hydrogen-bond donors (Lipinski definition) is 2. The molecule has 7 nitrogen and oxygen atoms in total. The van der Waals surface area contributed by atoms with Gasteiger partial charge in [0.25, 0.3) is 0 Å². The summed E-state index contributed by atoms with van der Waals surface area (Å²) >= 11 is 5.99. The molecule has 0 spiro atoms. The van der Waals surface area contributed by atoms with Crippen LogP contribution in [-0.4, -0.2) is 13.4 Å². The number of sulfonamides is 1. The molecule has 0 bridgehead atoms. The first-order chi connectivity index (χ1) is 11.4. The fourth-order valence-electron chi connectivity index (χ4n) is 2.14. The number of halogens is 1. The second-order valence-corrected chi connectivity index (χ2v) is 7.10. The van der Waals surface area contributed by atoms with Crippen molar-refractivity contribution < 1.29 is 12.8 Å². The van der Waals surface area contributed by atoms with Gasteiger partial charge in [-0.2, -0.15) is 0 Å². The summed E-state index contributed by atoms with van der Waals surface area (Å²) in [6.45, 7) is 0.000272. The summed E-state index contributed by atoms with van der Waals surface area (Å²) in [7, 11) is -3.87. The van der Waals surface area contributed by atoms with Crippen LogP contribution in [0.1, 0.15) is 5.56 Å². The topological polar surface area (TPSA) is 109 Å². The lowest BCUT2D eigenvalue weighted by Crippen LogP contribution is -2.24. The van der Waals surface area contributed by atoms with Crippen LogP contribution in [0.2, 0.25) is 5.02 Å². The maximum Gasteiger partial charge on any atom is 0.419 e. The highest BCUT2D eigenvalue weighted by Crippen LogP contribution is 2.17. The van der Waals surface area contributed by atoms with E-state index in [9.17, 15) is 18.0 Å². The fourth-order valence-corrected chi connectivity index (χ4v) is 3.38. The maximum absolute atomic E-state index is 12.4. The molecule has 0 aliphatic carbocycles. The molecule has 0 aliphatic heterocycles. The van der Waals surface area contributed by atoms with E-state index in [4.69, 9.17) is 11.6 Å². The quantitative estimate of drug-likeness (QED) is 0.729. The molecule has 0 saturated heterocycles. The minimum absolute atomic E-state index is 0.000272. The summed E-state index contributed by atoms with van der Waals surface area (Å²) in [5.41, 5.74) is -0.0921. The van der Waals surface area contributed by atoms with E-state index in [0.717, 1.165) is 6.07 Å². The lowest BCUT2D eigenvalue weighted by atomic mass is 10.2. The van der Waals surface area contributed by atoms with E-state index in [-0.39, 0.29) is 22.3 Å². The second-order valence-electron chi connectivity index (χ2n) is 4.93. The third kappa shape index (κ3) is 3.25. The number of rotatable bonds is 4. The van der Waals surface area contributed by atoms with Gasteiger partial charge < -0.3 is 4.42 Å². The average molecular weight is 367 g/mol. The van der Waals surface area contributed by atoms with Gasteiger partial charge in [-0.15, -0.1) is 0 Å². The zero-order valence-corrected chi connectivity index (χ0v) is 13.6. The van der Waals surface area contributed by atoms with E-state index >= 15 is 0 Å². The van der Waals surface area contributed by atoms with Crippen molar-refractivity contribution in [2.75, 3.05) is 0 Å². The summed E-state index contributed by atoms with van der Waals surface area (Å²) in [6.07, 6.45) is 0. The Kier molecular flexibility index (Phi) is 4.27. The van der Waals surface area contributed by atoms with Crippen molar-refractivity contribution in [3.8, 4) is 0 Å². The van der Waals surface area contributed by atoms with Crippen LogP contribution in [0.5, 0.6) is 0 Å². The molecule has 9 heteroatoms. The Morgan fingerprint density at radius 1 is 1.12 bits per heavy atom. The summed E-state index contributed by atoms with van der Waals surface area (Å²) in [4.78, 5) is 25.0. The Bertz CT molecular complexity index is 1130. The van der Waals surface area contributed by atoms with Crippen LogP contribution in [0.4, 0.5) is 0 Å². The molecule has 2 aromatic carbocycles. The summed E-state index contributed by atoms with van der Waals surface area (Å²) in [5, 5.41) is 0.409. The van der Waals surface area contributed by atoms with Crippen molar-refractivity contribution >= 4 is 32.5 Å². The Labute approximate surface area is 140 Å². The minimum Gasteiger partial charge on any atom is -0.372 e. The summed E-state index contributed by atoms with van der Waals surface area (Å²) in [6, 6.07) is 10.6. The number of nitrogens with one attached hydrogen (secondary N) is 2. The number of fused-ring (bicyclic) bond motifs is 1. The second kappa shape index (κ2) is 6.23. The molecule has 124 valence electrons. The van der Waals surface area contributed by atoms with E-state index in [1.54, 1.807) is 24.3 Å². The Balaban J connectivity index is 1.95. The van der Waals surface area contributed by atoms with Crippen molar-refractivity contribution in [1.82, 2.24) is 9.71 Å². The average Bonchev–Trinajstić information content (AvgIpc) is 2.53. The van der Waals surface area contributed by atoms with Crippen LogP contribution < -0.4 is 16.1 Å². The molecule has 0 amide bonds. The monoisotopic (exact) mass is 366 g/mol. The first kappa shape index (κ1) is 16.4. The lowest BCUT2D eigenvalue weighted by Gasteiger charge is -2.08. The van der Waals surface area contributed by atoms with E-state index in [2.05, 4.69) is 14.1 Å². The van der Waals surface area contributed by atoms with Crippen LogP contribution in [0.25, 0.3) is 10.9 Å². The minimum atomic E-state index is -3.87. The van der Waals surface area contributed by atoms with Gasteiger partial charge in [-0.1, -0.05) is 29.8 Å². The molecule has 0 atom stereocenters. The van der Waals surface area contributed by atoms with Crippen LogP contribution in [0, 0.1) is 0 Å². The molecule has 1 aromatic heterocycles. The predicted molar refractivity (Wildman–Crippen MR) is 88.6 cm³/mol. The van der Waals surface area contributed by atoms with Gasteiger partial charge in [0.2, 0.25) is 10.0 Å². The predicted octanol–water partition coefficient (Wildman–Crippen LogP) is 1.61. The molecule has 0 saturated carbocycles. The van der Waals surface area contributed by atoms with Gasteiger partial charge in [0.1, 0.15) is 0 Å². The molecule has 3 aromatic rings. The number of aromatic nitrogens is 1. The van der Waals surface area contributed by atoms with E-state index in [0.29, 0.717) is 10.6 Å². The summed E-state index contributed by atoms with van der Waals surface area (Å²) in [5.74, 6) is -0.903. The number of H-pyrrole nitrogens is 1. The maximum atomic E-state index is 12.4. The van der Waals surface area contributed by atoms with Gasteiger partial charge in [-0.25, -0.2) is 22.7 Å². The van der Waals surface area contributed by atoms with Gasteiger partial charge in [-0.3, -0.25) is 4.98 Å². The van der Waals surface area contributed by atoms with Crippen molar-refractivity contribution in [3.05, 3.63) is 74.0 Å². The highest BCUT2D eigenvalue weighted by Gasteiger charge is 2.16. The third-order valence-corrected chi connectivity index (χ3v) is 5.12. The van der Waals surface area contributed by atoms with Crippen LogP contribution in [0.15, 0.2) is 61.4 Å². The molecule has 3 rings (SSSR count). The molecule has 0 unspecified atom stereocenters. The normalized spacial score (nSPS) is 11.7. The fraction of sp³-hybridized carbons (Fsp3) is 0.0667. The highest BCUT2D eigenvalue weighted by atomic mass is 35.5. The zero-order chi connectivity index (χ0) is 17.3. The third-order valence-electron chi connectivity index (χ3n) is 3.35. The largest absolute Gasteiger partial charge is 0.419 e. The molecule has 0 aliphatic rings. The Hall–Kier alpha value is -2.42. The van der Waals surface area contributed by atoms with E-state index < -0.39 is 21.4 Å². The Morgan fingerprint density at radius 3 is 2.62 bits per heavy atom. The van der Waals surface area contributed by atoms with E-state index in [1.807, 2.05) is 0 Å². The molecular formula is C15H11ClN2O5S. The standard InChI is InChI=1S/C15H11ClN2O5S/c16-12-4-2-1-3-9(12)8-17-24(21,22)10-5-6-13-11(7-10)14(19)23-15(20)18-13/h1-7,17H,8H2,(H,18,20). The molecule has 24 heavy (non-hydrogen) atoms. The highest BCUT2D eigenvalue weighted by molar-refractivity contribution is 7.89. The molecular weight excluding hydrogens is 356 g/mol. The Morgan fingerprint density at radius 2 is 1.88 bits per heavy atom. The van der Waals surface area contributed by atoms with Gasteiger partial charge >= 0.3 is 11.4 Å². The van der Waals surface area contributed by atoms with Gasteiger partial charge in [0.05, 0.1) is 15.8 Å². The van der Waals surface area contributed by atoms with Gasteiger partial charge in [0.15, 0.2) is 0 Å². The molecule has 2 N–H and O–H groups in total. The first-order valence-corrected chi connectivity index (χ1v) is 8.63. The smallest absolute Gasteiger partial charge is 0.372 e. The summed E-state index contributed by atoms with van der Waals surface area (Å²) < 4.78 is 31.6. The molecule has 0 fully saturated rings.